The lowest BCUT2D eigenvalue weighted by Crippen LogP contribution is -2.53. The lowest BCUT2D eigenvalue weighted by molar-refractivity contribution is -0.212. The summed E-state index contributed by atoms with van der Waals surface area (Å²) in [5.41, 5.74) is 1.72. The Morgan fingerprint density at radius 3 is 2.43 bits per heavy atom. The summed E-state index contributed by atoms with van der Waals surface area (Å²) in [6.45, 7) is 6.31. The van der Waals surface area contributed by atoms with Gasteiger partial charge in [0.25, 0.3) is 0 Å². The molecule has 4 aliphatic rings. The van der Waals surface area contributed by atoms with Crippen LogP contribution in [0.25, 0.3) is 0 Å². The first-order valence-corrected chi connectivity index (χ1v) is 11.7. The van der Waals surface area contributed by atoms with Gasteiger partial charge in [0.2, 0.25) is 0 Å². The van der Waals surface area contributed by atoms with E-state index in [9.17, 15) is 9.59 Å². The first-order chi connectivity index (χ1) is 14.2. The van der Waals surface area contributed by atoms with E-state index in [1.165, 1.54) is 31.8 Å². The Kier molecular flexibility index (Phi) is 5.91. The van der Waals surface area contributed by atoms with Crippen LogP contribution in [0.1, 0.15) is 72.1 Å². The quantitative estimate of drug-likeness (QED) is 0.479. The summed E-state index contributed by atoms with van der Waals surface area (Å²) in [5.74, 6) is 2.27. The average Bonchev–Trinajstić information content (AvgIpc) is 3.05. The Morgan fingerprint density at radius 1 is 1.03 bits per heavy atom. The molecule has 0 saturated heterocycles. The van der Waals surface area contributed by atoms with Crippen molar-refractivity contribution in [2.45, 2.75) is 84.5 Å². The van der Waals surface area contributed by atoms with Gasteiger partial charge in [-0.1, -0.05) is 19.4 Å². The molecule has 4 rings (SSSR count). The molecule has 30 heavy (non-hydrogen) atoms. The molecule has 3 saturated carbocycles. The summed E-state index contributed by atoms with van der Waals surface area (Å²) in [6.07, 6.45) is 9.58. The van der Waals surface area contributed by atoms with Crippen LogP contribution in [0.3, 0.4) is 0 Å². The van der Waals surface area contributed by atoms with Gasteiger partial charge in [0, 0.05) is 33.5 Å². The monoisotopic (exact) mass is 418 g/mol. The van der Waals surface area contributed by atoms with E-state index in [4.69, 9.17) is 14.2 Å². The van der Waals surface area contributed by atoms with Crippen molar-refractivity contribution in [3.63, 3.8) is 0 Å². The van der Waals surface area contributed by atoms with Crippen LogP contribution < -0.4 is 0 Å². The Hall–Kier alpha value is -1.20. The van der Waals surface area contributed by atoms with Crippen molar-refractivity contribution >= 4 is 11.8 Å². The highest BCUT2D eigenvalue weighted by Gasteiger charge is 2.61. The van der Waals surface area contributed by atoms with Crippen molar-refractivity contribution in [1.82, 2.24) is 0 Å². The molecular formula is C25H38O5. The molecule has 0 heterocycles. The van der Waals surface area contributed by atoms with Crippen LogP contribution in [0.15, 0.2) is 11.6 Å². The molecule has 0 aliphatic heterocycles. The Bertz CT molecular complexity index is 725. The molecule has 0 N–H and O–H groups in total. The summed E-state index contributed by atoms with van der Waals surface area (Å²) in [4.78, 5) is 23.9. The topological polar surface area (TPSA) is 61.8 Å². The third-order valence-corrected chi connectivity index (χ3v) is 9.47. The fourth-order valence-electron chi connectivity index (χ4n) is 8.02. The van der Waals surface area contributed by atoms with Crippen molar-refractivity contribution < 1.29 is 23.8 Å². The van der Waals surface area contributed by atoms with Gasteiger partial charge in [0.05, 0.1) is 0 Å². The molecule has 0 spiro atoms. The first kappa shape index (κ1) is 22.0. The number of hydrogen-bond acceptors (Lipinski definition) is 5. The second kappa shape index (κ2) is 8.05. The molecule has 7 atom stereocenters. The van der Waals surface area contributed by atoms with Crippen molar-refractivity contribution in [2.75, 3.05) is 14.2 Å². The maximum atomic E-state index is 12.0. The third-order valence-electron chi connectivity index (χ3n) is 9.47. The van der Waals surface area contributed by atoms with E-state index >= 15 is 0 Å². The summed E-state index contributed by atoms with van der Waals surface area (Å²) < 4.78 is 16.9. The van der Waals surface area contributed by atoms with Gasteiger partial charge in [-0.05, 0) is 79.6 Å². The van der Waals surface area contributed by atoms with Crippen molar-refractivity contribution in [3.8, 4) is 0 Å². The van der Waals surface area contributed by atoms with Gasteiger partial charge in [-0.15, -0.1) is 0 Å². The van der Waals surface area contributed by atoms with Gasteiger partial charge in [-0.2, -0.15) is 0 Å². The highest BCUT2D eigenvalue weighted by Crippen LogP contribution is 2.67. The van der Waals surface area contributed by atoms with Crippen molar-refractivity contribution in [1.29, 1.82) is 0 Å². The van der Waals surface area contributed by atoms with Gasteiger partial charge in [0.15, 0.2) is 18.2 Å². The molecule has 0 amide bonds. The van der Waals surface area contributed by atoms with Gasteiger partial charge in [0.1, 0.15) is 0 Å². The van der Waals surface area contributed by atoms with E-state index in [2.05, 4.69) is 13.8 Å². The zero-order valence-electron chi connectivity index (χ0n) is 19.2. The molecular weight excluding hydrogens is 380 g/mol. The van der Waals surface area contributed by atoms with Crippen molar-refractivity contribution in [3.05, 3.63) is 11.6 Å². The number of fused-ring (bicyclic) bond motifs is 5. The molecule has 0 bridgehead atoms. The Labute approximate surface area is 180 Å². The van der Waals surface area contributed by atoms with E-state index in [-0.39, 0.29) is 28.8 Å². The van der Waals surface area contributed by atoms with Crippen LogP contribution in [0, 0.1) is 34.5 Å². The number of hydrogen-bond donors (Lipinski definition) is 0. The maximum Gasteiger partial charge on any atom is 0.303 e. The maximum absolute atomic E-state index is 12.0. The van der Waals surface area contributed by atoms with Crippen molar-refractivity contribution in [2.24, 2.45) is 34.5 Å². The Balaban J connectivity index is 1.61. The van der Waals surface area contributed by atoms with E-state index in [1.807, 2.05) is 6.08 Å². The van der Waals surface area contributed by atoms with Crippen LogP contribution in [0.4, 0.5) is 0 Å². The lowest BCUT2D eigenvalue weighted by Gasteiger charge is -2.58. The van der Waals surface area contributed by atoms with Gasteiger partial charge < -0.3 is 14.2 Å². The summed E-state index contributed by atoms with van der Waals surface area (Å²) in [6, 6.07) is 0. The summed E-state index contributed by atoms with van der Waals surface area (Å²) in [7, 11) is 3.24. The van der Waals surface area contributed by atoms with E-state index in [0.29, 0.717) is 30.0 Å². The molecule has 5 heteroatoms. The largest absolute Gasteiger partial charge is 0.457 e. The molecule has 7 unspecified atom stereocenters. The second-order valence-electron chi connectivity index (χ2n) is 10.6. The number of ether oxygens (including phenoxy) is 3. The minimum Gasteiger partial charge on any atom is -0.457 e. The normalized spacial score (nSPS) is 41.5. The van der Waals surface area contributed by atoms with E-state index in [0.717, 1.165) is 25.7 Å². The van der Waals surface area contributed by atoms with Crippen LogP contribution in [-0.4, -0.2) is 38.4 Å². The smallest absolute Gasteiger partial charge is 0.303 e. The van der Waals surface area contributed by atoms with Gasteiger partial charge in [-0.3, -0.25) is 9.59 Å². The summed E-state index contributed by atoms with van der Waals surface area (Å²) in [5, 5.41) is 0. The molecule has 0 radical (unpaired) electrons. The number of methoxy groups -OCH3 is 2. The predicted octanol–water partition coefficient (Wildman–Crippen LogP) is 4.69. The molecule has 4 aliphatic carbocycles. The average molecular weight is 419 g/mol. The van der Waals surface area contributed by atoms with Crippen LogP contribution >= 0.6 is 0 Å². The molecule has 5 nitrogen and oxygen atoms in total. The highest BCUT2D eigenvalue weighted by molar-refractivity contribution is 5.91. The lowest BCUT2D eigenvalue weighted by atomic mass is 9.46. The van der Waals surface area contributed by atoms with Crippen LogP contribution in [0.5, 0.6) is 0 Å². The number of carbonyl (C=O) groups is 2. The highest BCUT2D eigenvalue weighted by atomic mass is 16.7. The molecule has 0 aromatic heterocycles. The minimum atomic E-state index is -0.532. The minimum absolute atomic E-state index is 0.124. The fraction of sp³-hybridized carbons (Fsp3) is 0.840. The Morgan fingerprint density at radius 2 is 1.77 bits per heavy atom. The van der Waals surface area contributed by atoms with Crippen LogP contribution in [0.2, 0.25) is 0 Å². The first-order valence-electron chi connectivity index (χ1n) is 11.7. The SMILES string of the molecule is COC(OC)C(OC(C)=O)C1CCC2C3CCC4=CC(=O)CCC4(C)C3CCC21C. The summed E-state index contributed by atoms with van der Waals surface area (Å²) >= 11 is 0. The molecule has 0 aromatic carbocycles. The van der Waals surface area contributed by atoms with Gasteiger partial charge >= 0.3 is 5.97 Å². The van der Waals surface area contributed by atoms with Crippen LogP contribution in [-0.2, 0) is 23.8 Å². The van der Waals surface area contributed by atoms with Gasteiger partial charge in [-0.25, -0.2) is 0 Å². The number of ketones is 1. The van der Waals surface area contributed by atoms with E-state index in [1.54, 1.807) is 14.2 Å². The zero-order chi connectivity index (χ0) is 21.7. The molecule has 0 aromatic rings. The number of carbonyl (C=O) groups excluding carboxylic acids is 2. The fourth-order valence-corrected chi connectivity index (χ4v) is 8.02. The van der Waals surface area contributed by atoms with E-state index < -0.39 is 6.29 Å². The predicted molar refractivity (Wildman–Crippen MR) is 114 cm³/mol. The number of rotatable bonds is 5. The zero-order valence-corrected chi connectivity index (χ0v) is 19.2. The number of esters is 1. The standard InChI is InChI=1S/C25H38O5/c1-15(26)30-22(23(28-4)29-5)21-9-8-19-18-7-6-16-14-17(27)10-12-24(16,2)20(18)11-13-25(19,21)3/h14,18-23H,6-13H2,1-5H3. The molecule has 3 fully saturated rings. The second-order valence-corrected chi connectivity index (χ2v) is 10.6. The third kappa shape index (κ3) is 3.37. The number of allylic oxidation sites excluding steroid dienone is 1. The molecule has 168 valence electrons.